The van der Waals surface area contributed by atoms with Gasteiger partial charge in [0.15, 0.2) is 11.6 Å². The van der Waals surface area contributed by atoms with Gasteiger partial charge in [-0.2, -0.15) is 0 Å². The van der Waals surface area contributed by atoms with Gasteiger partial charge in [0, 0.05) is 17.8 Å². The van der Waals surface area contributed by atoms with Crippen LogP contribution in [0.15, 0.2) is 85.3 Å². The number of anilines is 4. The molecule has 2 heterocycles. The van der Waals surface area contributed by atoms with Crippen molar-refractivity contribution in [2.24, 2.45) is 0 Å². The molecular formula is C23H21ClN6. The molecule has 2 aromatic heterocycles. The summed E-state index contributed by atoms with van der Waals surface area (Å²) in [6.07, 6.45) is 3.25. The number of benzene rings is 2. The first-order chi connectivity index (χ1) is 14.7. The van der Waals surface area contributed by atoms with E-state index in [2.05, 4.69) is 32.4 Å². The second kappa shape index (κ2) is 9.24. The van der Waals surface area contributed by atoms with Crippen LogP contribution >= 0.6 is 11.6 Å². The van der Waals surface area contributed by atoms with Gasteiger partial charge in [-0.1, -0.05) is 66.2 Å². The lowest BCUT2D eigenvalue weighted by molar-refractivity contribution is 0.916. The van der Waals surface area contributed by atoms with Crippen LogP contribution < -0.4 is 16.0 Å². The summed E-state index contributed by atoms with van der Waals surface area (Å²) in [5, 5.41) is 3.96. The molecule has 30 heavy (non-hydrogen) atoms. The van der Waals surface area contributed by atoms with Gasteiger partial charge in [-0.25, -0.2) is 15.0 Å². The van der Waals surface area contributed by atoms with Crippen LogP contribution in [0.1, 0.15) is 11.1 Å². The molecule has 0 atom stereocenters. The number of hydrogen-bond donors (Lipinski definition) is 2. The Hall–Kier alpha value is -3.64. The Morgan fingerprint density at radius 1 is 0.867 bits per heavy atom. The maximum absolute atomic E-state index is 6.49. The highest BCUT2D eigenvalue weighted by atomic mass is 35.5. The third-order valence-electron chi connectivity index (χ3n) is 4.63. The molecule has 0 amide bonds. The summed E-state index contributed by atoms with van der Waals surface area (Å²) < 4.78 is 0. The second-order valence-electron chi connectivity index (χ2n) is 6.66. The molecule has 7 heteroatoms. The Morgan fingerprint density at radius 2 is 1.63 bits per heavy atom. The van der Waals surface area contributed by atoms with Gasteiger partial charge in [-0.05, 0) is 29.3 Å². The van der Waals surface area contributed by atoms with Crippen molar-refractivity contribution in [1.82, 2.24) is 15.0 Å². The predicted octanol–water partition coefficient (Wildman–Crippen LogP) is 5.06. The monoisotopic (exact) mass is 416 g/mol. The highest BCUT2D eigenvalue weighted by molar-refractivity contribution is 6.31. The molecule has 4 aromatic rings. The highest BCUT2D eigenvalue weighted by Gasteiger charge is 2.18. The smallest absolute Gasteiger partial charge is 0.163 e. The summed E-state index contributed by atoms with van der Waals surface area (Å²) in [5.74, 6) is 1.90. The standard InChI is InChI=1S/C23H21ClN6/c24-19-11-5-4-10-18(19)14-27-22-21(25)23(29-16-28-22)30(20-12-6-7-13-26-20)15-17-8-2-1-3-9-17/h1-13,16H,14-15,25H2,(H,27,28,29). The van der Waals surface area contributed by atoms with E-state index in [9.17, 15) is 0 Å². The molecule has 150 valence electrons. The van der Waals surface area contributed by atoms with Gasteiger partial charge in [0.2, 0.25) is 0 Å². The Bertz CT molecular complexity index is 1100. The molecule has 0 spiro atoms. The Morgan fingerprint density at radius 3 is 2.40 bits per heavy atom. The fourth-order valence-corrected chi connectivity index (χ4v) is 3.31. The first-order valence-corrected chi connectivity index (χ1v) is 9.90. The van der Waals surface area contributed by atoms with Crippen LogP contribution in [-0.2, 0) is 13.1 Å². The van der Waals surface area contributed by atoms with E-state index >= 15 is 0 Å². The summed E-state index contributed by atoms with van der Waals surface area (Å²) in [5.41, 5.74) is 9.02. The lowest BCUT2D eigenvalue weighted by Crippen LogP contribution is -2.21. The molecular weight excluding hydrogens is 396 g/mol. The number of rotatable bonds is 7. The Balaban J connectivity index is 1.65. The summed E-state index contributed by atoms with van der Waals surface area (Å²) in [6.45, 7) is 1.08. The second-order valence-corrected chi connectivity index (χ2v) is 7.07. The fraction of sp³-hybridized carbons (Fsp3) is 0.0870. The van der Waals surface area contributed by atoms with Crippen molar-refractivity contribution in [1.29, 1.82) is 0 Å². The quantitative estimate of drug-likeness (QED) is 0.438. The number of nitrogens with two attached hydrogens (primary N) is 1. The number of aromatic nitrogens is 3. The topological polar surface area (TPSA) is 80.0 Å². The summed E-state index contributed by atoms with van der Waals surface area (Å²) >= 11 is 6.26. The van der Waals surface area contributed by atoms with Crippen LogP contribution in [-0.4, -0.2) is 15.0 Å². The van der Waals surface area contributed by atoms with Gasteiger partial charge in [0.1, 0.15) is 17.8 Å². The van der Waals surface area contributed by atoms with E-state index in [1.165, 1.54) is 6.33 Å². The van der Waals surface area contributed by atoms with Gasteiger partial charge in [-0.3, -0.25) is 0 Å². The van der Waals surface area contributed by atoms with Crippen molar-refractivity contribution >= 4 is 34.7 Å². The van der Waals surface area contributed by atoms with Crippen molar-refractivity contribution in [3.8, 4) is 0 Å². The number of nitrogens with one attached hydrogen (secondary N) is 1. The molecule has 6 nitrogen and oxygen atoms in total. The van der Waals surface area contributed by atoms with Gasteiger partial charge in [-0.15, -0.1) is 0 Å². The number of halogens is 1. The maximum Gasteiger partial charge on any atom is 0.163 e. The number of nitrogens with zero attached hydrogens (tertiary/aromatic N) is 4. The largest absolute Gasteiger partial charge is 0.393 e. The van der Waals surface area contributed by atoms with E-state index in [1.807, 2.05) is 65.6 Å². The van der Waals surface area contributed by atoms with Crippen LogP contribution in [0, 0.1) is 0 Å². The number of hydrogen-bond acceptors (Lipinski definition) is 6. The lowest BCUT2D eigenvalue weighted by Gasteiger charge is -2.25. The molecule has 0 saturated carbocycles. The molecule has 0 fully saturated rings. The Kier molecular flexibility index (Phi) is 6.06. The van der Waals surface area contributed by atoms with Crippen molar-refractivity contribution < 1.29 is 0 Å². The van der Waals surface area contributed by atoms with Crippen LogP contribution in [0.3, 0.4) is 0 Å². The minimum Gasteiger partial charge on any atom is -0.393 e. The first kappa shape index (κ1) is 19.7. The van der Waals surface area contributed by atoms with Gasteiger partial charge in [0.25, 0.3) is 0 Å². The van der Waals surface area contributed by atoms with Gasteiger partial charge >= 0.3 is 0 Å². The lowest BCUT2D eigenvalue weighted by atomic mass is 10.2. The van der Waals surface area contributed by atoms with Crippen LogP contribution in [0.4, 0.5) is 23.1 Å². The van der Waals surface area contributed by atoms with E-state index in [-0.39, 0.29) is 0 Å². The number of pyridine rings is 1. The van der Waals surface area contributed by atoms with E-state index in [1.54, 1.807) is 6.20 Å². The third-order valence-corrected chi connectivity index (χ3v) is 5.00. The molecule has 0 aliphatic heterocycles. The van der Waals surface area contributed by atoms with Crippen molar-refractivity contribution in [3.05, 3.63) is 101 Å². The molecule has 4 rings (SSSR count). The van der Waals surface area contributed by atoms with Crippen LogP contribution in [0.2, 0.25) is 5.02 Å². The van der Waals surface area contributed by atoms with E-state index in [4.69, 9.17) is 17.3 Å². The maximum atomic E-state index is 6.49. The molecule has 0 bridgehead atoms. The minimum absolute atomic E-state index is 0.450. The number of nitrogen functional groups attached to an aromatic ring is 1. The van der Waals surface area contributed by atoms with E-state index in [0.29, 0.717) is 35.4 Å². The summed E-state index contributed by atoms with van der Waals surface area (Å²) in [7, 11) is 0. The molecule has 2 aromatic carbocycles. The zero-order valence-corrected chi connectivity index (χ0v) is 17.0. The minimum atomic E-state index is 0.450. The molecule has 0 radical (unpaired) electrons. The normalized spacial score (nSPS) is 10.6. The highest BCUT2D eigenvalue weighted by Crippen LogP contribution is 2.32. The predicted molar refractivity (Wildman–Crippen MR) is 122 cm³/mol. The third kappa shape index (κ3) is 4.50. The fourth-order valence-electron chi connectivity index (χ4n) is 3.11. The first-order valence-electron chi connectivity index (χ1n) is 9.52. The zero-order valence-electron chi connectivity index (χ0n) is 16.2. The SMILES string of the molecule is Nc1c(NCc2ccccc2Cl)ncnc1N(Cc1ccccc1)c1ccccn1. The van der Waals surface area contributed by atoms with Gasteiger partial charge < -0.3 is 16.0 Å². The van der Waals surface area contributed by atoms with E-state index in [0.717, 1.165) is 16.9 Å². The molecule has 3 N–H and O–H groups in total. The molecule has 0 saturated heterocycles. The molecule has 0 unspecified atom stereocenters. The van der Waals surface area contributed by atoms with Gasteiger partial charge in [0.05, 0.1) is 6.54 Å². The van der Waals surface area contributed by atoms with Crippen molar-refractivity contribution in [2.45, 2.75) is 13.1 Å². The zero-order chi connectivity index (χ0) is 20.8. The van der Waals surface area contributed by atoms with Crippen LogP contribution in [0.5, 0.6) is 0 Å². The molecule has 0 aliphatic carbocycles. The average Bonchev–Trinajstić information content (AvgIpc) is 2.79. The van der Waals surface area contributed by atoms with E-state index < -0.39 is 0 Å². The Labute approximate surface area is 180 Å². The van der Waals surface area contributed by atoms with Crippen molar-refractivity contribution in [3.63, 3.8) is 0 Å². The summed E-state index contributed by atoms with van der Waals surface area (Å²) in [6, 6.07) is 23.5. The molecule has 0 aliphatic rings. The van der Waals surface area contributed by atoms with Crippen LogP contribution in [0.25, 0.3) is 0 Å². The van der Waals surface area contributed by atoms with Crippen molar-refractivity contribution in [2.75, 3.05) is 16.0 Å². The summed E-state index contributed by atoms with van der Waals surface area (Å²) in [4.78, 5) is 15.3. The average molecular weight is 417 g/mol.